The van der Waals surface area contributed by atoms with Gasteiger partial charge in [-0.2, -0.15) is 0 Å². The van der Waals surface area contributed by atoms with Gasteiger partial charge in [0.15, 0.2) is 0 Å². The minimum atomic E-state index is -0.541. The number of halogens is 1. The second-order valence-electron chi connectivity index (χ2n) is 3.99. The highest BCUT2D eigenvalue weighted by molar-refractivity contribution is 5.38. The van der Waals surface area contributed by atoms with E-state index in [0.29, 0.717) is 5.56 Å². The zero-order chi connectivity index (χ0) is 10.8. The van der Waals surface area contributed by atoms with Crippen molar-refractivity contribution in [2.75, 3.05) is 0 Å². The molecule has 0 bridgehead atoms. The predicted molar refractivity (Wildman–Crippen MR) is 56.3 cm³/mol. The molecular formula is C12H14FN. The molecule has 14 heavy (non-hydrogen) atoms. The maximum atomic E-state index is 12.9. The maximum Gasteiger partial charge on any atom is 0.124 e. The average Bonchev–Trinajstić information content (AvgIpc) is 1.97. The van der Waals surface area contributed by atoms with Crippen LogP contribution in [0.5, 0.6) is 0 Å². The minimum Gasteiger partial charge on any atom is -0.316 e. The van der Waals surface area contributed by atoms with Crippen LogP contribution in [0.15, 0.2) is 18.2 Å². The van der Waals surface area contributed by atoms with E-state index in [0.717, 1.165) is 5.56 Å². The number of nitrogens with two attached hydrogens (primary N) is 1. The van der Waals surface area contributed by atoms with Crippen LogP contribution in [-0.4, -0.2) is 5.54 Å². The highest BCUT2D eigenvalue weighted by Gasteiger charge is 2.03. The molecule has 1 rings (SSSR count). The molecule has 0 saturated heterocycles. The molecule has 1 aromatic carbocycles. The summed E-state index contributed by atoms with van der Waals surface area (Å²) in [4.78, 5) is 0. The van der Waals surface area contributed by atoms with E-state index in [-0.39, 0.29) is 5.82 Å². The first-order valence-electron chi connectivity index (χ1n) is 4.46. The molecule has 1 aromatic rings. The molecule has 74 valence electrons. The van der Waals surface area contributed by atoms with Crippen LogP contribution in [0.3, 0.4) is 0 Å². The van der Waals surface area contributed by atoms with Crippen molar-refractivity contribution in [2.24, 2.45) is 5.73 Å². The van der Waals surface area contributed by atoms with E-state index in [1.165, 1.54) is 12.1 Å². The fourth-order valence-corrected chi connectivity index (χ4v) is 1.04. The van der Waals surface area contributed by atoms with Gasteiger partial charge in [-0.3, -0.25) is 0 Å². The first-order valence-corrected chi connectivity index (χ1v) is 4.46. The third-order valence-electron chi connectivity index (χ3n) is 1.57. The molecule has 0 saturated carbocycles. The van der Waals surface area contributed by atoms with E-state index < -0.39 is 5.54 Å². The Morgan fingerprint density at radius 3 is 2.43 bits per heavy atom. The smallest absolute Gasteiger partial charge is 0.124 e. The topological polar surface area (TPSA) is 26.0 Å². The molecule has 1 nitrogen and oxygen atoms in total. The number of benzene rings is 1. The fourth-order valence-electron chi connectivity index (χ4n) is 1.04. The Hall–Kier alpha value is -1.33. The summed E-state index contributed by atoms with van der Waals surface area (Å²) in [5.41, 5.74) is 6.68. The summed E-state index contributed by atoms with van der Waals surface area (Å²) < 4.78 is 12.9. The molecule has 0 heterocycles. The number of aryl methyl sites for hydroxylation is 1. The molecular weight excluding hydrogens is 177 g/mol. The van der Waals surface area contributed by atoms with Crippen molar-refractivity contribution in [2.45, 2.75) is 26.3 Å². The van der Waals surface area contributed by atoms with Crippen LogP contribution in [0.4, 0.5) is 4.39 Å². The van der Waals surface area contributed by atoms with Gasteiger partial charge < -0.3 is 5.73 Å². The van der Waals surface area contributed by atoms with Crippen molar-refractivity contribution < 1.29 is 4.39 Å². The maximum absolute atomic E-state index is 12.9. The molecule has 0 aliphatic heterocycles. The molecule has 0 aliphatic rings. The first kappa shape index (κ1) is 10.7. The van der Waals surface area contributed by atoms with Crippen molar-refractivity contribution >= 4 is 0 Å². The Morgan fingerprint density at radius 1 is 1.29 bits per heavy atom. The van der Waals surface area contributed by atoms with Crippen LogP contribution >= 0.6 is 0 Å². The molecule has 2 N–H and O–H groups in total. The molecule has 0 aromatic heterocycles. The molecule has 0 aliphatic carbocycles. The van der Waals surface area contributed by atoms with E-state index in [2.05, 4.69) is 11.8 Å². The van der Waals surface area contributed by atoms with Crippen LogP contribution in [0.25, 0.3) is 0 Å². The molecule has 2 heteroatoms. The van der Waals surface area contributed by atoms with E-state index in [1.807, 2.05) is 26.8 Å². The predicted octanol–water partition coefficient (Wildman–Crippen LogP) is 2.22. The van der Waals surface area contributed by atoms with Gasteiger partial charge >= 0.3 is 0 Å². The van der Waals surface area contributed by atoms with E-state index in [9.17, 15) is 4.39 Å². The Labute approximate surface area is 84.1 Å². The van der Waals surface area contributed by atoms with Gasteiger partial charge in [0, 0.05) is 5.56 Å². The van der Waals surface area contributed by atoms with Crippen molar-refractivity contribution in [3.8, 4) is 11.8 Å². The van der Waals surface area contributed by atoms with Crippen LogP contribution in [0.2, 0.25) is 0 Å². The summed E-state index contributed by atoms with van der Waals surface area (Å²) in [6.45, 7) is 5.46. The van der Waals surface area contributed by atoms with Crippen molar-refractivity contribution in [1.82, 2.24) is 0 Å². The lowest BCUT2D eigenvalue weighted by molar-refractivity contribution is 0.626. The SMILES string of the molecule is Cc1cc(F)cc(C#CC(C)(C)N)c1. The lowest BCUT2D eigenvalue weighted by atomic mass is 10.1. The zero-order valence-electron chi connectivity index (χ0n) is 8.69. The van der Waals surface area contributed by atoms with Crippen LogP contribution < -0.4 is 5.73 Å². The summed E-state index contributed by atoms with van der Waals surface area (Å²) in [6.07, 6.45) is 0. The zero-order valence-corrected chi connectivity index (χ0v) is 8.69. The van der Waals surface area contributed by atoms with Crippen molar-refractivity contribution in [3.05, 3.63) is 35.1 Å². The van der Waals surface area contributed by atoms with Gasteiger partial charge in [-0.15, -0.1) is 0 Å². The van der Waals surface area contributed by atoms with Gasteiger partial charge in [0.25, 0.3) is 0 Å². The molecule has 0 fully saturated rings. The average molecular weight is 191 g/mol. The largest absolute Gasteiger partial charge is 0.316 e. The normalized spacial score (nSPS) is 10.6. The fraction of sp³-hybridized carbons (Fsp3) is 0.333. The third kappa shape index (κ3) is 3.59. The standard InChI is InChI=1S/C12H14FN/c1-9-6-10(8-11(13)7-9)4-5-12(2,3)14/h6-8H,14H2,1-3H3. The van der Waals surface area contributed by atoms with Crippen molar-refractivity contribution in [1.29, 1.82) is 0 Å². The van der Waals surface area contributed by atoms with Crippen LogP contribution in [-0.2, 0) is 0 Å². The van der Waals surface area contributed by atoms with Gasteiger partial charge in [0.05, 0.1) is 5.54 Å². The molecule has 0 spiro atoms. The second kappa shape index (κ2) is 3.81. The van der Waals surface area contributed by atoms with Gasteiger partial charge in [-0.1, -0.05) is 11.8 Å². The quantitative estimate of drug-likeness (QED) is 0.625. The molecule has 0 atom stereocenters. The van der Waals surface area contributed by atoms with Crippen LogP contribution in [0.1, 0.15) is 25.0 Å². The van der Waals surface area contributed by atoms with E-state index in [4.69, 9.17) is 5.73 Å². The minimum absolute atomic E-state index is 0.260. The summed E-state index contributed by atoms with van der Waals surface area (Å²) in [5.74, 6) is 5.44. The number of hydrogen-bond donors (Lipinski definition) is 1. The van der Waals surface area contributed by atoms with Gasteiger partial charge in [-0.25, -0.2) is 4.39 Å². The highest BCUT2D eigenvalue weighted by Crippen LogP contribution is 2.07. The summed E-state index contributed by atoms with van der Waals surface area (Å²) >= 11 is 0. The molecule has 0 radical (unpaired) electrons. The molecule has 0 amide bonds. The van der Waals surface area contributed by atoms with E-state index >= 15 is 0 Å². The summed E-state index contributed by atoms with van der Waals surface area (Å²) in [5, 5.41) is 0. The van der Waals surface area contributed by atoms with Gasteiger partial charge in [0.1, 0.15) is 5.82 Å². The number of hydrogen-bond acceptors (Lipinski definition) is 1. The lowest BCUT2D eigenvalue weighted by Gasteiger charge is -2.07. The Bertz CT molecular complexity index is 371. The lowest BCUT2D eigenvalue weighted by Crippen LogP contribution is -2.29. The van der Waals surface area contributed by atoms with Gasteiger partial charge in [-0.05, 0) is 44.5 Å². The van der Waals surface area contributed by atoms with Crippen LogP contribution in [0, 0.1) is 24.6 Å². The Balaban J connectivity index is 3.02. The third-order valence-corrected chi connectivity index (χ3v) is 1.57. The van der Waals surface area contributed by atoms with E-state index in [1.54, 1.807) is 0 Å². The monoisotopic (exact) mass is 191 g/mol. The summed E-state index contributed by atoms with van der Waals surface area (Å²) in [6, 6.07) is 4.71. The second-order valence-corrected chi connectivity index (χ2v) is 3.99. The number of rotatable bonds is 0. The first-order chi connectivity index (χ1) is 6.37. The highest BCUT2D eigenvalue weighted by atomic mass is 19.1. The van der Waals surface area contributed by atoms with Gasteiger partial charge in [0.2, 0.25) is 0 Å². The Kier molecular flexibility index (Phi) is 2.93. The Morgan fingerprint density at radius 2 is 1.93 bits per heavy atom. The summed E-state index contributed by atoms with van der Waals surface area (Å²) in [7, 11) is 0. The molecule has 0 unspecified atom stereocenters. The van der Waals surface area contributed by atoms with Crippen molar-refractivity contribution in [3.63, 3.8) is 0 Å².